The zero-order valence-electron chi connectivity index (χ0n) is 16.1. The van der Waals surface area contributed by atoms with E-state index in [0.29, 0.717) is 25.7 Å². The maximum absolute atomic E-state index is 14.3. The smallest absolute Gasteiger partial charge is 0.410 e. The summed E-state index contributed by atoms with van der Waals surface area (Å²) >= 11 is 0. The average molecular weight is 431 g/mol. The number of carbonyl (C=O) groups excluding carboxylic acids is 1. The van der Waals surface area contributed by atoms with E-state index in [4.69, 9.17) is 5.26 Å². The number of alkyl halides is 4. The quantitative estimate of drug-likeness (QED) is 0.524. The number of nitrogens with one attached hydrogen (secondary N) is 2. The molecule has 0 aliphatic heterocycles. The van der Waals surface area contributed by atoms with Gasteiger partial charge in [0, 0.05) is 12.8 Å². The molecule has 5 nitrogen and oxygen atoms in total. The van der Waals surface area contributed by atoms with Crippen LogP contribution in [0.2, 0.25) is 0 Å². The van der Waals surface area contributed by atoms with Crippen LogP contribution < -0.4 is 15.4 Å². The molecule has 10 heteroatoms. The number of nitriles is 1. The first kappa shape index (κ1) is 22.3. The number of nitrogens with zero attached hydrogens (tertiary/aromatic N) is 1. The highest BCUT2D eigenvalue weighted by atomic mass is 19.3. The molecule has 2 N–H and O–H groups in total. The van der Waals surface area contributed by atoms with Gasteiger partial charge in [-0.2, -0.15) is 14.0 Å². The van der Waals surface area contributed by atoms with Gasteiger partial charge in [-0.3, -0.25) is 10.1 Å². The molecule has 0 saturated heterocycles. The van der Waals surface area contributed by atoms with Crippen LogP contribution in [0.4, 0.5) is 22.0 Å². The van der Waals surface area contributed by atoms with Gasteiger partial charge in [-0.15, -0.1) is 0 Å². The Morgan fingerprint density at radius 2 is 1.87 bits per heavy atom. The summed E-state index contributed by atoms with van der Waals surface area (Å²) in [6.45, 7) is -1.22. The lowest BCUT2D eigenvalue weighted by Crippen LogP contribution is -2.53. The summed E-state index contributed by atoms with van der Waals surface area (Å²) in [6, 6.07) is 4.14. The van der Waals surface area contributed by atoms with E-state index in [2.05, 4.69) is 15.4 Å². The van der Waals surface area contributed by atoms with Crippen LogP contribution in [0.3, 0.4) is 0 Å². The molecule has 0 heterocycles. The summed E-state index contributed by atoms with van der Waals surface area (Å²) in [7, 11) is 0. The highest BCUT2D eigenvalue weighted by Gasteiger charge is 2.48. The third-order valence-corrected chi connectivity index (χ3v) is 5.07. The molecule has 1 amide bonds. The number of benzene rings is 1. The highest BCUT2D eigenvalue weighted by Crippen LogP contribution is 2.41. The first-order chi connectivity index (χ1) is 14.0. The first-order valence-corrected chi connectivity index (χ1v) is 9.68. The zero-order valence-corrected chi connectivity index (χ0v) is 16.1. The molecule has 0 radical (unpaired) electrons. The van der Waals surface area contributed by atoms with Gasteiger partial charge in [0.1, 0.15) is 23.7 Å². The minimum Gasteiger partial charge on any atom is -0.432 e. The Morgan fingerprint density at radius 3 is 2.40 bits per heavy atom. The van der Waals surface area contributed by atoms with Crippen molar-refractivity contribution in [2.24, 2.45) is 5.92 Å². The third-order valence-electron chi connectivity index (χ3n) is 5.07. The fraction of sp³-hybridized carbons (Fsp3) is 0.600. The Labute approximate surface area is 170 Å². The minimum atomic E-state index is -3.84. The standard InChI is InChI=1S/C20H22F5N3O2/c21-14-3-5-15(6-4-14)30-20(24,25)12-27-16(10-19(22,23)9-13-1-2-13)17(29)28-18(11-26)7-8-18/h3-6,13,16,27H,1-2,7-10,12H2,(H,28,29). The van der Waals surface area contributed by atoms with Crippen molar-refractivity contribution in [3.8, 4) is 11.8 Å². The molecule has 1 atom stereocenters. The van der Waals surface area contributed by atoms with Gasteiger partial charge >= 0.3 is 6.11 Å². The molecule has 164 valence electrons. The van der Waals surface area contributed by atoms with E-state index >= 15 is 0 Å². The van der Waals surface area contributed by atoms with Gasteiger partial charge < -0.3 is 10.1 Å². The molecule has 3 rings (SSSR count). The predicted molar refractivity (Wildman–Crippen MR) is 96.4 cm³/mol. The molecular formula is C20H22F5N3O2. The molecule has 0 bridgehead atoms. The number of hydrogen-bond acceptors (Lipinski definition) is 4. The molecule has 1 aromatic carbocycles. The lowest BCUT2D eigenvalue weighted by Gasteiger charge is -2.27. The van der Waals surface area contributed by atoms with Gasteiger partial charge in [-0.1, -0.05) is 0 Å². The fourth-order valence-corrected chi connectivity index (χ4v) is 3.05. The van der Waals surface area contributed by atoms with Crippen LogP contribution in [0.1, 0.15) is 38.5 Å². The first-order valence-electron chi connectivity index (χ1n) is 9.68. The van der Waals surface area contributed by atoms with Crippen molar-refractivity contribution in [3.63, 3.8) is 0 Å². The van der Waals surface area contributed by atoms with Gasteiger partial charge in [-0.25, -0.2) is 13.2 Å². The maximum Gasteiger partial charge on any atom is 0.410 e. The van der Waals surface area contributed by atoms with Crippen molar-refractivity contribution in [2.45, 2.75) is 62.1 Å². The molecule has 1 aromatic rings. The molecular weight excluding hydrogens is 409 g/mol. The fourth-order valence-electron chi connectivity index (χ4n) is 3.05. The lowest BCUT2D eigenvalue weighted by molar-refractivity contribution is -0.174. The lowest BCUT2D eigenvalue weighted by atomic mass is 10.0. The summed E-state index contributed by atoms with van der Waals surface area (Å²) in [6.07, 6.45) is -3.10. The van der Waals surface area contributed by atoms with Gasteiger partial charge in [0.05, 0.1) is 12.1 Å². The van der Waals surface area contributed by atoms with Crippen molar-refractivity contribution in [1.82, 2.24) is 10.6 Å². The molecule has 2 aliphatic rings. The Balaban J connectivity index is 1.63. The summed E-state index contributed by atoms with van der Waals surface area (Å²) in [5, 5.41) is 13.6. The number of halogens is 5. The Morgan fingerprint density at radius 1 is 1.23 bits per heavy atom. The van der Waals surface area contributed by atoms with Crippen LogP contribution in [0.5, 0.6) is 5.75 Å². The van der Waals surface area contributed by atoms with E-state index in [1.165, 1.54) is 0 Å². The SMILES string of the molecule is N#CC1(NC(=O)C(CC(F)(F)CC2CC2)NCC(F)(F)Oc2ccc(F)cc2)CC1. The normalized spacial score (nSPS) is 18.9. The number of amides is 1. The second kappa shape index (κ2) is 8.38. The molecule has 30 heavy (non-hydrogen) atoms. The summed E-state index contributed by atoms with van der Waals surface area (Å²) in [5.41, 5.74) is -1.12. The number of hydrogen-bond donors (Lipinski definition) is 2. The Kier molecular flexibility index (Phi) is 6.22. The third kappa shape index (κ3) is 6.55. The van der Waals surface area contributed by atoms with Crippen LogP contribution in [0.25, 0.3) is 0 Å². The molecule has 0 spiro atoms. The predicted octanol–water partition coefficient (Wildman–Crippen LogP) is 3.75. The Hall–Kier alpha value is -2.41. The second-order valence-corrected chi connectivity index (χ2v) is 8.02. The molecule has 1 unspecified atom stereocenters. The minimum absolute atomic E-state index is 0.124. The van der Waals surface area contributed by atoms with Crippen molar-refractivity contribution >= 4 is 5.91 Å². The molecule has 2 saturated carbocycles. The molecule has 2 fully saturated rings. The average Bonchev–Trinajstić information content (AvgIpc) is 3.58. The van der Waals surface area contributed by atoms with Crippen LogP contribution in [0.15, 0.2) is 24.3 Å². The van der Waals surface area contributed by atoms with Crippen molar-refractivity contribution in [3.05, 3.63) is 30.1 Å². The van der Waals surface area contributed by atoms with E-state index < -0.39 is 54.7 Å². The Bertz CT molecular complexity index is 802. The van der Waals surface area contributed by atoms with Crippen LogP contribution >= 0.6 is 0 Å². The maximum atomic E-state index is 14.3. The number of carbonyl (C=O) groups is 1. The van der Waals surface area contributed by atoms with Crippen LogP contribution in [-0.2, 0) is 4.79 Å². The molecule has 0 aromatic heterocycles. The van der Waals surface area contributed by atoms with E-state index in [-0.39, 0.29) is 11.7 Å². The zero-order chi connectivity index (χ0) is 22.0. The van der Waals surface area contributed by atoms with Gasteiger partial charge in [-0.05, 0) is 55.9 Å². The van der Waals surface area contributed by atoms with Crippen molar-refractivity contribution in [2.75, 3.05) is 6.54 Å². The van der Waals surface area contributed by atoms with E-state index in [9.17, 15) is 26.7 Å². The summed E-state index contributed by atoms with van der Waals surface area (Å²) in [4.78, 5) is 12.5. The van der Waals surface area contributed by atoms with Gasteiger partial charge in [0.15, 0.2) is 0 Å². The van der Waals surface area contributed by atoms with E-state index in [0.717, 1.165) is 24.3 Å². The van der Waals surface area contributed by atoms with Crippen LogP contribution in [0, 0.1) is 23.1 Å². The van der Waals surface area contributed by atoms with Crippen molar-refractivity contribution < 1.29 is 31.5 Å². The highest BCUT2D eigenvalue weighted by molar-refractivity contribution is 5.83. The van der Waals surface area contributed by atoms with Gasteiger partial charge in [0.2, 0.25) is 11.8 Å². The number of rotatable bonds is 11. The van der Waals surface area contributed by atoms with E-state index in [1.54, 1.807) is 0 Å². The second-order valence-electron chi connectivity index (χ2n) is 8.02. The molecule has 2 aliphatic carbocycles. The van der Waals surface area contributed by atoms with Gasteiger partial charge in [0.25, 0.3) is 0 Å². The van der Waals surface area contributed by atoms with Crippen molar-refractivity contribution in [1.29, 1.82) is 5.26 Å². The summed E-state index contributed by atoms with van der Waals surface area (Å²) < 4.78 is 74.3. The number of ether oxygens (including phenoxy) is 1. The van der Waals surface area contributed by atoms with Crippen LogP contribution in [-0.4, -0.2) is 36.1 Å². The summed E-state index contributed by atoms with van der Waals surface area (Å²) in [5.74, 6) is -5.22. The monoisotopic (exact) mass is 431 g/mol. The largest absolute Gasteiger partial charge is 0.432 e. The topological polar surface area (TPSA) is 74.2 Å². The van der Waals surface area contributed by atoms with E-state index in [1.807, 2.05) is 6.07 Å².